The number of carbonyl (C=O) groups excluding carboxylic acids is 3. The summed E-state index contributed by atoms with van der Waals surface area (Å²) in [5.41, 5.74) is 4.90. The summed E-state index contributed by atoms with van der Waals surface area (Å²) >= 11 is 0. The standard InChI is InChI=1S/C17H31N3O4/c1-13(18)14(21)9-10-15(22)19-11-7-5-6-8-12-20-16(23)24-17(2,3)4/h9-10,13H,5-8,11-12,18H2,1-4H3,(H,19,22)(H,20,23)/t13-/m0/s1. The fraction of sp³-hybridized carbons (Fsp3) is 0.706. The smallest absolute Gasteiger partial charge is 0.407 e. The molecule has 0 fully saturated rings. The highest BCUT2D eigenvalue weighted by molar-refractivity contribution is 5.99. The zero-order valence-electron chi connectivity index (χ0n) is 15.2. The van der Waals surface area contributed by atoms with Crippen molar-refractivity contribution < 1.29 is 19.1 Å². The van der Waals surface area contributed by atoms with Gasteiger partial charge in [-0.15, -0.1) is 0 Å². The van der Waals surface area contributed by atoms with Crippen LogP contribution < -0.4 is 16.4 Å². The summed E-state index contributed by atoms with van der Waals surface area (Å²) in [5, 5.41) is 5.41. The van der Waals surface area contributed by atoms with Crippen molar-refractivity contribution in [3.05, 3.63) is 12.2 Å². The fourth-order valence-electron chi connectivity index (χ4n) is 1.69. The number of ether oxygens (including phenoxy) is 1. The van der Waals surface area contributed by atoms with Crippen LogP contribution in [0.1, 0.15) is 53.4 Å². The van der Waals surface area contributed by atoms with Crippen LogP contribution in [0.3, 0.4) is 0 Å². The summed E-state index contributed by atoms with van der Waals surface area (Å²) in [4.78, 5) is 34.1. The van der Waals surface area contributed by atoms with E-state index in [4.69, 9.17) is 10.5 Å². The predicted octanol–water partition coefficient (Wildman–Crippen LogP) is 1.66. The number of ketones is 1. The molecule has 0 aromatic rings. The third-order valence-electron chi connectivity index (χ3n) is 2.92. The Morgan fingerprint density at radius 1 is 1.00 bits per heavy atom. The van der Waals surface area contributed by atoms with Gasteiger partial charge in [0.15, 0.2) is 5.78 Å². The second-order valence-electron chi connectivity index (χ2n) is 6.66. The summed E-state index contributed by atoms with van der Waals surface area (Å²) in [6.07, 6.45) is 5.59. The molecule has 0 radical (unpaired) electrons. The zero-order valence-corrected chi connectivity index (χ0v) is 15.2. The van der Waals surface area contributed by atoms with Crippen molar-refractivity contribution >= 4 is 17.8 Å². The topological polar surface area (TPSA) is 111 Å². The average Bonchev–Trinajstić information content (AvgIpc) is 2.45. The van der Waals surface area contributed by atoms with Crippen molar-refractivity contribution in [2.75, 3.05) is 13.1 Å². The maximum atomic E-state index is 11.4. The lowest BCUT2D eigenvalue weighted by Gasteiger charge is -2.19. The molecule has 7 heteroatoms. The van der Waals surface area contributed by atoms with Crippen LogP contribution in [0.5, 0.6) is 0 Å². The first-order valence-electron chi connectivity index (χ1n) is 8.34. The van der Waals surface area contributed by atoms with E-state index in [0.29, 0.717) is 13.1 Å². The van der Waals surface area contributed by atoms with Crippen LogP contribution in [-0.4, -0.2) is 42.5 Å². The van der Waals surface area contributed by atoms with Gasteiger partial charge in [0, 0.05) is 19.2 Å². The van der Waals surface area contributed by atoms with Gasteiger partial charge in [0.25, 0.3) is 0 Å². The molecule has 138 valence electrons. The highest BCUT2D eigenvalue weighted by atomic mass is 16.6. The third kappa shape index (κ3) is 13.8. The van der Waals surface area contributed by atoms with Crippen molar-refractivity contribution in [1.29, 1.82) is 0 Å². The van der Waals surface area contributed by atoms with E-state index in [0.717, 1.165) is 25.7 Å². The van der Waals surface area contributed by atoms with E-state index in [1.807, 2.05) is 20.8 Å². The lowest BCUT2D eigenvalue weighted by atomic mass is 10.2. The normalized spacial score (nSPS) is 12.7. The highest BCUT2D eigenvalue weighted by Crippen LogP contribution is 2.06. The van der Waals surface area contributed by atoms with Gasteiger partial charge < -0.3 is 21.1 Å². The quantitative estimate of drug-likeness (QED) is 0.413. The van der Waals surface area contributed by atoms with Crippen LogP contribution in [0.4, 0.5) is 4.79 Å². The molecule has 0 saturated heterocycles. The van der Waals surface area contributed by atoms with E-state index >= 15 is 0 Å². The number of nitrogens with one attached hydrogen (secondary N) is 2. The predicted molar refractivity (Wildman–Crippen MR) is 93.5 cm³/mol. The summed E-state index contributed by atoms with van der Waals surface area (Å²) in [6, 6.07) is -0.594. The summed E-state index contributed by atoms with van der Waals surface area (Å²) in [6.45, 7) is 8.16. The Balaban J connectivity index is 3.56. The molecule has 0 bridgehead atoms. The minimum Gasteiger partial charge on any atom is -0.444 e. The molecule has 24 heavy (non-hydrogen) atoms. The highest BCUT2D eigenvalue weighted by Gasteiger charge is 2.15. The third-order valence-corrected chi connectivity index (χ3v) is 2.92. The van der Waals surface area contributed by atoms with Gasteiger partial charge in [-0.2, -0.15) is 0 Å². The van der Waals surface area contributed by atoms with Crippen molar-refractivity contribution in [3.63, 3.8) is 0 Å². The van der Waals surface area contributed by atoms with Crippen LogP contribution in [0.2, 0.25) is 0 Å². The lowest BCUT2D eigenvalue weighted by Crippen LogP contribution is -2.33. The van der Waals surface area contributed by atoms with Crippen LogP contribution in [0.25, 0.3) is 0 Å². The van der Waals surface area contributed by atoms with E-state index in [1.165, 1.54) is 12.2 Å². The Hall–Kier alpha value is -1.89. The Kier molecular flexibility index (Phi) is 10.7. The van der Waals surface area contributed by atoms with Crippen molar-refractivity contribution in [1.82, 2.24) is 10.6 Å². The molecule has 7 nitrogen and oxygen atoms in total. The minimum absolute atomic E-state index is 0.275. The van der Waals surface area contributed by atoms with E-state index < -0.39 is 17.7 Å². The Morgan fingerprint density at radius 2 is 1.54 bits per heavy atom. The molecule has 4 N–H and O–H groups in total. The van der Waals surface area contributed by atoms with Crippen molar-refractivity contribution in [3.8, 4) is 0 Å². The molecule has 0 unspecified atom stereocenters. The van der Waals surface area contributed by atoms with Gasteiger partial charge in [-0.25, -0.2) is 4.79 Å². The molecular weight excluding hydrogens is 310 g/mol. The maximum Gasteiger partial charge on any atom is 0.407 e. The van der Waals surface area contributed by atoms with Crippen LogP contribution in [0.15, 0.2) is 12.2 Å². The van der Waals surface area contributed by atoms with Gasteiger partial charge in [-0.3, -0.25) is 9.59 Å². The molecule has 0 aliphatic heterocycles. The molecule has 0 saturated carbocycles. The van der Waals surface area contributed by atoms with E-state index in [1.54, 1.807) is 6.92 Å². The molecule has 0 aromatic carbocycles. The van der Waals surface area contributed by atoms with Gasteiger partial charge in [0.2, 0.25) is 5.91 Å². The van der Waals surface area contributed by atoms with Crippen LogP contribution >= 0.6 is 0 Å². The molecular formula is C17H31N3O4. The molecule has 0 aliphatic carbocycles. The first-order chi connectivity index (χ1) is 11.1. The van der Waals surface area contributed by atoms with Crippen molar-refractivity contribution in [2.45, 2.75) is 65.0 Å². The Morgan fingerprint density at radius 3 is 2.04 bits per heavy atom. The van der Waals surface area contributed by atoms with Gasteiger partial charge >= 0.3 is 6.09 Å². The van der Waals surface area contributed by atoms with E-state index in [2.05, 4.69) is 10.6 Å². The number of hydrogen-bond acceptors (Lipinski definition) is 5. The maximum absolute atomic E-state index is 11.4. The SMILES string of the molecule is C[C@H](N)C(=O)C=CC(=O)NCCCCCCNC(=O)OC(C)(C)C. The Bertz CT molecular complexity index is 440. The van der Waals surface area contributed by atoms with Gasteiger partial charge in [-0.1, -0.05) is 12.8 Å². The lowest BCUT2D eigenvalue weighted by molar-refractivity contribution is -0.118. The number of carbonyl (C=O) groups is 3. The number of hydrogen-bond donors (Lipinski definition) is 3. The second kappa shape index (κ2) is 11.6. The number of rotatable bonds is 10. The number of alkyl carbamates (subject to hydrolysis) is 1. The molecule has 0 spiro atoms. The first kappa shape index (κ1) is 22.1. The monoisotopic (exact) mass is 341 g/mol. The van der Waals surface area contributed by atoms with Crippen LogP contribution in [0, 0.1) is 0 Å². The zero-order chi connectivity index (χ0) is 18.6. The van der Waals surface area contributed by atoms with Gasteiger partial charge in [0.05, 0.1) is 6.04 Å². The number of nitrogens with two attached hydrogens (primary N) is 1. The molecule has 0 aromatic heterocycles. The second-order valence-corrected chi connectivity index (χ2v) is 6.66. The summed E-state index contributed by atoms with van der Waals surface area (Å²) < 4.78 is 5.13. The van der Waals surface area contributed by atoms with Gasteiger partial charge in [0.1, 0.15) is 5.60 Å². The summed E-state index contributed by atoms with van der Waals surface area (Å²) in [7, 11) is 0. The first-order valence-corrected chi connectivity index (χ1v) is 8.34. The average molecular weight is 341 g/mol. The molecule has 0 aliphatic rings. The van der Waals surface area contributed by atoms with Gasteiger partial charge in [-0.05, 0) is 46.6 Å². The fourth-order valence-corrected chi connectivity index (χ4v) is 1.69. The minimum atomic E-state index is -0.594. The molecule has 1 atom stereocenters. The number of unbranched alkanes of at least 4 members (excludes halogenated alkanes) is 3. The molecule has 0 heterocycles. The summed E-state index contributed by atoms with van der Waals surface area (Å²) in [5.74, 6) is -0.571. The Labute approximate surface area is 144 Å². The van der Waals surface area contributed by atoms with Crippen molar-refractivity contribution in [2.24, 2.45) is 5.73 Å². The molecule has 0 rings (SSSR count). The van der Waals surface area contributed by atoms with E-state index in [9.17, 15) is 14.4 Å². The molecule has 2 amide bonds. The van der Waals surface area contributed by atoms with Crippen LogP contribution in [-0.2, 0) is 14.3 Å². The number of amides is 2. The largest absolute Gasteiger partial charge is 0.444 e. The van der Waals surface area contributed by atoms with E-state index in [-0.39, 0.29) is 11.7 Å².